The highest BCUT2D eigenvalue weighted by Crippen LogP contribution is 2.26. The Bertz CT molecular complexity index is 1060. The first-order valence-corrected chi connectivity index (χ1v) is 11.7. The van der Waals surface area contributed by atoms with Gasteiger partial charge in [0, 0.05) is 43.3 Å². The number of aldehydes is 1. The molecule has 2 saturated heterocycles. The van der Waals surface area contributed by atoms with Crippen molar-refractivity contribution in [2.75, 3.05) is 26.2 Å². The zero-order chi connectivity index (χ0) is 25.4. The molecule has 1 unspecified atom stereocenters. The lowest BCUT2D eigenvalue weighted by atomic mass is 9.97. The van der Waals surface area contributed by atoms with Crippen LogP contribution in [0.5, 0.6) is 0 Å². The minimum Gasteiger partial charge on any atom is -0.444 e. The van der Waals surface area contributed by atoms with Crippen LogP contribution in [0.2, 0.25) is 0 Å². The third kappa shape index (κ3) is 5.29. The number of benzene rings is 1. The number of nitrogens with zero attached hydrogens (tertiary/aromatic N) is 2. The van der Waals surface area contributed by atoms with Crippen LogP contribution in [0.25, 0.3) is 0 Å². The van der Waals surface area contributed by atoms with Crippen LogP contribution >= 0.6 is 0 Å². The van der Waals surface area contributed by atoms with E-state index in [0.717, 1.165) is 6.29 Å². The minimum absolute atomic E-state index is 0.0156. The van der Waals surface area contributed by atoms with Crippen molar-refractivity contribution in [3.63, 3.8) is 0 Å². The number of ether oxygens (including phenoxy) is 1. The van der Waals surface area contributed by atoms with E-state index in [2.05, 4.69) is 16.0 Å². The largest absolute Gasteiger partial charge is 0.444 e. The number of likely N-dealkylation sites (tertiary alicyclic amines) is 1. The molecule has 1 aromatic carbocycles. The fraction of sp³-hybridized carbons (Fsp3) is 0.542. The lowest BCUT2D eigenvalue weighted by Crippen LogP contribution is -2.62. The van der Waals surface area contributed by atoms with Gasteiger partial charge < -0.3 is 25.2 Å². The molecule has 35 heavy (non-hydrogen) atoms. The second kappa shape index (κ2) is 9.29. The van der Waals surface area contributed by atoms with Gasteiger partial charge in [0.1, 0.15) is 11.9 Å². The quantitative estimate of drug-likeness (QED) is 0.404. The van der Waals surface area contributed by atoms with Gasteiger partial charge >= 0.3 is 12.1 Å². The van der Waals surface area contributed by atoms with Crippen LogP contribution in [-0.2, 0) is 16.1 Å². The molecule has 1 atom stereocenters. The van der Waals surface area contributed by atoms with Gasteiger partial charge in [-0.3, -0.25) is 19.7 Å². The van der Waals surface area contributed by atoms with Gasteiger partial charge in [0.05, 0.1) is 6.54 Å². The highest BCUT2D eigenvalue weighted by Gasteiger charge is 2.49. The maximum absolute atomic E-state index is 12.9. The molecule has 188 valence electrons. The van der Waals surface area contributed by atoms with E-state index in [1.807, 2.05) is 20.8 Å². The van der Waals surface area contributed by atoms with Crippen molar-refractivity contribution in [1.29, 1.82) is 0 Å². The number of amides is 5. The maximum atomic E-state index is 12.9. The third-order valence-corrected chi connectivity index (χ3v) is 6.46. The number of piperidine rings is 1. The standard InChI is InChI=1S/C24H31N5O6/c1-23(2,3)35-22(34)28-8-6-17(7-9-28)25-13-24(20(32)26-21(33)27-24)14-29-11-16-10-15(12-30)4-5-18(16)19(29)31/h4-5,10,12,17,25H,6-9,11,13-14H2,1-3H3,(H2,26,27,32,33). The molecule has 3 aliphatic rings. The van der Waals surface area contributed by atoms with E-state index in [4.69, 9.17) is 4.74 Å². The third-order valence-electron chi connectivity index (χ3n) is 6.46. The Hall–Kier alpha value is -3.47. The van der Waals surface area contributed by atoms with Crippen molar-refractivity contribution in [3.8, 4) is 0 Å². The second-order valence-electron chi connectivity index (χ2n) is 10.3. The summed E-state index contributed by atoms with van der Waals surface area (Å²) in [4.78, 5) is 64.4. The molecule has 3 heterocycles. The molecule has 0 radical (unpaired) electrons. The molecular formula is C24H31N5O6. The summed E-state index contributed by atoms with van der Waals surface area (Å²) in [6.45, 7) is 6.85. The van der Waals surface area contributed by atoms with E-state index in [1.165, 1.54) is 4.90 Å². The highest BCUT2D eigenvalue weighted by atomic mass is 16.6. The molecule has 11 nitrogen and oxygen atoms in total. The van der Waals surface area contributed by atoms with E-state index in [1.54, 1.807) is 23.1 Å². The maximum Gasteiger partial charge on any atom is 0.410 e. The molecule has 4 rings (SSSR count). The molecule has 3 aliphatic heterocycles. The summed E-state index contributed by atoms with van der Waals surface area (Å²) in [7, 11) is 0. The topological polar surface area (TPSA) is 137 Å². The predicted molar refractivity (Wildman–Crippen MR) is 125 cm³/mol. The van der Waals surface area contributed by atoms with Gasteiger partial charge in [-0.15, -0.1) is 0 Å². The van der Waals surface area contributed by atoms with Crippen molar-refractivity contribution in [2.45, 2.75) is 57.3 Å². The molecule has 0 aliphatic carbocycles. The first kappa shape index (κ1) is 24.6. The zero-order valence-corrected chi connectivity index (χ0v) is 20.2. The summed E-state index contributed by atoms with van der Waals surface area (Å²) in [5.41, 5.74) is -0.224. The number of rotatable bonds is 6. The van der Waals surface area contributed by atoms with Gasteiger partial charge in [0.2, 0.25) is 0 Å². The number of carbonyl (C=O) groups is 5. The summed E-state index contributed by atoms with van der Waals surface area (Å²) in [6.07, 6.45) is 1.69. The molecule has 0 spiro atoms. The number of nitrogens with one attached hydrogen (secondary N) is 3. The fourth-order valence-electron chi connectivity index (χ4n) is 4.66. The first-order chi connectivity index (χ1) is 16.5. The normalized spacial score (nSPS) is 22.7. The van der Waals surface area contributed by atoms with Crippen LogP contribution in [0, 0.1) is 0 Å². The van der Waals surface area contributed by atoms with Gasteiger partial charge in [0.15, 0.2) is 5.54 Å². The summed E-state index contributed by atoms with van der Waals surface area (Å²) >= 11 is 0. The number of imide groups is 1. The highest BCUT2D eigenvalue weighted by molar-refractivity contribution is 6.08. The lowest BCUT2D eigenvalue weighted by molar-refractivity contribution is -0.124. The van der Waals surface area contributed by atoms with Gasteiger partial charge in [-0.2, -0.15) is 0 Å². The Morgan fingerprint density at radius 2 is 1.94 bits per heavy atom. The van der Waals surface area contributed by atoms with Crippen molar-refractivity contribution in [1.82, 2.24) is 25.8 Å². The van der Waals surface area contributed by atoms with Crippen molar-refractivity contribution in [2.24, 2.45) is 0 Å². The number of hydrogen-bond donors (Lipinski definition) is 3. The van der Waals surface area contributed by atoms with E-state index >= 15 is 0 Å². The van der Waals surface area contributed by atoms with E-state index in [-0.39, 0.29) is 37.7 Å². The van der Waals surface area contributed by atoms with Gasteiger partial charge in [-0.05, 0) is 51.3 Å². The molecular weight excluding hydrogens is 454 g/mol. The van der Waals surface area contributed by atoms with Crippen LogP contribution in [0.1, 0.15) is 59.9 Å². The zero-order valence-electron chi connectivity index (χ0n) is 20.2. The Morgan fingerprint density at radius 3 is 2.54 bits per heavy atom. The van der Waals surface area contributed by atoms with E-state index < -0.39 is 23.1 Å². The van der Waals surface area contributed by atoms with Gasteiger partial charge in [0.25, 0.3) is 11.8 Å². The minimum atomic E-state index is -1.33. The summed E-state index contributed by atoms with van der Waals surface area (Å²) in [5, 5.41) is 8.35. The van der Waals surface area contributed by atoms with E-state index in [9.17, 15) is 24.0 Å². The average Bonchev–Trinajstić information content (AvgIpc) is 3.25. The molecule has 1 aromatic rings. The van der Waals surface area contributed by atoms with Crippen molar-refractivity contribution < 1.29 is 28.7 Å². The molecule has 11 heteroatoms. The first-order valence-electron chi connectivity index (χ1n) is 11.7. The van der Waals surface area contributed by atoms with Gasteiger partial charge in [-0.1, -0.05) is 6.07 Å². The van der Waals surface area contributed by atoms with Crippen LogP contribution in [0.4, 0.5) is 9.59 Å². The smallest absolute Gasteiger partial charge is 0.410 e. The van der Waals surface area contributed by atoms with Crippen LogP contribution in [0.15, 0.2) is 18.2 Å². The molecule has 0 saturated carbocycles. The molecule has 3 N–H and O–H groups in total. The Labute approximate surface area is 203 Å². The summed E-state index contributed by atoms with van der Waals surface area (Å²) < 4.78 is 5.43. The van der Waals surface area contributed by atoms with Crippen LogP contribution < -0.4 is 16.0 Å². The number of hydrogen-bond acceptors (Lipinski definition) is 7. The predicted octanol–water partition coefficient (Wildman–Crippen LogP) is 1.02. The SMILES string of the molecule is CC(C)(C)OC(=O)N1CCC(NCC2(CN3Cc4cc(C=O)ccc4C3=O)NC(=O)NC2=O)CC1. The lowest BCUT2D eigenvalue weighted by Gasteiger charge is -2.36. The van der Waals surface area contributed by atoms with E-state index in [0.29, 0.717) is 42.6 Å². The van der Waals surface area contributed by atoms with Crippen molar-refractivity contribution >= 4 is 30.2 Å². The fourth-order valence-corrected chi connectivity index (χ4v) is 4.66. The number of fused-ring (bicyclic) bond motifs is 1. The summed E-state index contributed by atoms with van der Waals surface area (Å²) in [6, 6.07) is 4.27. The number of urea groups is 1. The average molecular weight is 486 g/mol. The molecule has 2 fully saturated rings. The van der Waals surface area contributed by atoms with Crippen LogP contribution in [-0.4, -0.2) is 83.4 Å². The van der Waals surface area contributed by atoms with Crippen LogP contribution in [0.3, 0.4) is 0 Å². The Balaban J connectivity index is 1.39. The Kier molecular flexibility index (Phi) is 6.54. The Morgan fingerprint density at radius 1 is 1.23 bits per heavy atom. The van der Waals surface area contributed by atoms with Crippen molar-refractivity contribution in [3.05, 3.63) is 34.9 Å². The summed E-state index contributed by atoms with van der Waals surface area (Å²) in [5.74, 6) is -0.755. The molecule has 0 aromatic heterocycles. The van der Waals surface area contributed by atoms with Gasteiger partial charge in [-0.25, -0.2) is 9.59 Å². The second-order valence-corrected chi connectivity index (χ2v) is 10.3. The molecule has 5 amide bonds. The monoisotopic (exact) mass is 485 g/mol. The molecule has 0 bridgehead atoms. The number of carbonyl (C=O) groups excluding carboxylic acids is 5.